The topological polar surface area (TPSA) is 72.4 Å². The first-order valence-corrected chi connectivity index (χ1v) is 8.14. The number of rotatable bonds is 3. The summed E-state index contributed by atoms with van der Waals surface area (Å²) >= 11 is 0. The zero-order chi connectivity index (χ0) is 16.4. The molecule has 130 valence electrons. The fourth-order valence-corrected chi connectivity index (χ4v) is 3.17. The van der Waals surface area contributed by atoms with Crippen LogP contribution in [0.25, 0.3) is 11.5 Å². The van der Waals surface area contributed by atoms with Gasteiger partial charge in [-0.1, -0.05) is 25.1 Å². The number of halogens is 1. The lowest BCUT2D eigenvalue weighted by molar-refractivity contribution is 0.0541. The van der Waals surface area contributed by atoms with Gasteiger partial charge in [0.15, 0.2) is 0 Å². The predicted molar refractivity (Wildman–Crippen MR) is 96.2 cm³/mol. The zero-order valence-electron chi connectivity index (χ0n) is 14.1. The van der Waals surface area contributed by atoms with Gasteiger partial charge >= 0.3 is 0 Å². The third kappa shape index (κ3) is 3.62. The van der Waals surface area contributed by atoms with Crippen LogP contribution in [0.5, 0.6) is 0 Å². The number of hydrogen-bond donors (Lipinski definition) is 1. The van der Waals surface area contributed by atoms with Crippen molar-refractivity contribution in [1.29, 1.82) is 0 Å². The van der Waals surface area contributed by atoms with Crippen LogP contribution >= 0.6 is 12.4 Å². The van der Waals surface area contributed by atoms with Crippen molar-refractivity contribution in [3.05, 3.63) is 41.8 Å². The van der Waals surface area contributed by atoms with E-state index in [2.05, 4.69) is 11.9 Å². The van der Waals surface area contributed by atoms with Crippen LogP contribution in [0.2, 0.25) is 0 Å². The number of oxazole rings is 1. The number of nitrogens with zero attached hydrogens (tertiary/aromatic N) is 2. The van der Waals surface area contributed by atoms with Gasteiger partial charge < -0.3 is 15.1 Å². The quantitative estimate of drug-likeness (QED) is 0.923. The van der Waals surface area contributed by atoms with Gasteiger partial charge in [-0.05, 0) is 37.8 Å². The molecule has 2 atom stereocenters. The second kappa shape index (κ2) is 7.81. The summed E-state index contributed by atoms with van der Waals surface area (Å²) in [5, 5.41) is 0. The molecule has 2 unspecified atom stereocenters. The molecular formula is C18H24ClN3O2. The van der Waals surface area contributed by atoms with Crippen LogP contribution in [0.1, 0.15) is 36.0 Å². The number of amides is 1. The zero-order valence-corrected chi connectivity index (χ0v) is 14.9. The molecule has 2 N–H and O–H groups in total. The lowest BCUT2D eigenvalue weighted by Crippen LogP contribution is -2.49. The SMILES string of the molecule is Cc1nc(-c2ccccc2)oc1C(=O)N1CCC(C)CC1CN.Cl. The van der Waals surface area contributed by atoms with Gasteiger partial charge in [-0.2, -0.15) is 0 Å². The molecule has 1 aromatic carbocycles. The highest BCUT2D eigenvalue weighted by Crippen LogP contribution is 2.27. The molecular weight excluding hydrogens is 326 g/mol. The number of piperidine rings is 1. The average Bonchev–Trinajstić information content (AvgIpc) is 2.97. The van der Waals surface area contributed by atoms with Crippen molar-refractivity contribution >= 4 is 18.3 Å². The second-order valence-electron chi connectivity index (χ2n) is 6.32. The first-order chi connectivity index (χ1) is 11.1. The van der Waals surface area contributed by atoms with Crippen molar-refractivity contribution < 1.29 is 9.21 Å². The van der Waals surface area contributed by atoms with Gasteiger partial charge in [0.05, 0.1) is 5.69 Å². The molecule has 1 aliphatic rings. The minimum atomic E-state index is -0.0977. The molecule has 1 aromatic heterocycles. The van der Waals surface area contributed by atoms with Crippen LogP contribution in [0.3, 0.4) is 0 Å². The van der Waals surface area contributed by atoms with Crippen LogP contribution in [0.4, 0.5) is 0 Å². The fraction of sp³-hybridized carbons (Fsp3) is 0.444. The van der Waals surface area contributed by atoms with Gasteiger partial charge in [-0.25, -0.2) is 4.98 Å². The number of aryl methyl sites for hydroxylation is 1. The Kier molecular flexibility index (Phi) is 6.02. The van der Waals surface area contributed by atoms with Gasteiger partial charge in [0.2, 0.25) is 11.7 Å². The van der Waals surface area contributed by atoms with E-state index in [1.807, 2.05) is 42.2 Å². The molecule has 0 radical (unpaired) electrons. The van der Waals surface area contributed by atoms with E-state index in [-0.39, 0.29) is 24.4 Å². The van der Waals surface area contributed by atoms with Crippen molar-refractivity contribution in [1.82, 2.24) is 9.88 Å². The highest BCUT2D eigenvalue weighted by molar-refractivity contribution is 5.93. The Hall–Kier alpha value is -1.85. The summed E-state index contributed by atoms with van der Waals surface area (Å²) in [4.78, 5) is 19.1. The second-order valence-corrected chi connectivity index (χ2v) is 6.32. The Bertz CT molecular complexity index is 687. The normalized spacial score (nSPS) is 20.5. The van der Waals surface area contributed by atoms with E-state index in [1.165, 1.54) is 0 Å². The Balaban J connectivity index is 0.00000208. The monoisotopic (exact) mass is 349 g/mol. The fourth-order valence-electron chi connectivity index (χ4n) is 3.17. The molecule has 0 aliphatic carbocycles. The molecule has 0 spiro atoms. The van der Waals surface area contributed by atoms with Gasteiger partial charge in [-0.3, -0.25) is 4.79 Å². The van der Waals surface area contributed by atoms with Crippen LogP contribution in [0.15, 0.2) is 34.7 Å². The number of hydrogen-bond acceptors (Lipinski definition) is 4. The maximum Gasteiger partial charge on any atom is 0.291 e. The number of aromatic nitrogens is 1. The van der Waals surface area contributed by atoms with E-state index in [0.717, 1.165) is 24.9 Å². The summed E-state index contributed by atoms with van der Waals surface area (Å²) in [5.41, 5.74) is 7.37. The van der Waals surface area contributed by atoms with Crippen LogP contribution in [-0.2, 0) is 0 Å². The molecule has 2 aromatic rings. The van der Waals surface area contributed by atoms with Gasteiger partial charge in [0, 0.05) is 24.7 Å². The van der Waals surface area contributed by atoms with Crippen LogP contribution in [-0.4, -0.2) is 34.9 Å². The van der Waals surface area contributed by atoms with Crippen LogP contribution < -0.4 is 5.73 Å². The summed E-state index contributed by atoms with van der Waals surface area (Å²) in [7, 11) is 0. The summed E-state index contributed by atoms with van der Waals surface area (Å²) < 4.78 is 5.79. The van der Waals surface area contributed by atoms with E-state index in [0.29, 0.717) is 29.8 Å². The lowest BCUT2D eigenvalue weighted by atomic mass is 9.92. The molecule has 5 nitrogen and oxygen atoms in total. The minimum absolute atomic E-state index is 0. The molecule has 2 heterocycles. The Morgan fingerprint density at radius 2 is 2.08 bits per heavy atom. The molecule has 1 amide bonds. The summed E-state index contributed by atoms with van der Waals surface area (Å²) in [6, 6.07) is 9.71. The first kappa shape index (κ1) is 18.5. The summed E-state index contributed by atoms with van der Waals surface area (Å²) in [6.07, 6.45) is 1.95. The van der Waals surface area contributed by atoms with E-state index in [1.54, 1.807) is 0 Å². The molecule has 1 fully saturated rings. The molecule has 1 aliphatic heterocycles. The highest BCUT2D eigenvalue weighted by atomic mass is 35.5. The molecule has 6 heteroatoms. The number of nitrogens with two attached hydrogens (primary N) is 1. The van der Waals surface area contributed by atoms with E-state index >= 15 is 0 Å². The maximum atomic E-state index is 12.9. The van der Waals surface area contributed by atoms with E-state index in [9.17, 15) is 4.79 Å². The van der Waals surface area contributed by atoms with Crippen molar-refractivity contribution in [3.8, 4) is 11.5 Å². The minimum Gasteiger partial charge on any atom is -0.431 e. The predicted octanol–water partition coefficient (Wildman–Crippen LogP) is 3.27. The largest absolute Gasteiger partial charge is 0.431 e. The van der Waals surface area contributed by atoms with Gasteiger partial charge in [0.25, 0.3) is 5.91 Å². The van der Waals surface area contributed by atoms with Crippen LogP contribution in [0, 0.1) is 12.8 Å². The standard InChI is InChI=1S/C18H23N3O2.ClH/c1-12-8-9-21(15(10-12)11-19)18(22)16-13(2)20-17(23-16)14-6-4-3-5-7-14;/h3-7,12,15H,8-11,19H2,1-2H3;1H. The Morgan fingerprint density at radius 1 is 1.38 bits per heavy atom. The third-order valence-electron chi connectivity index (χ3n) is 4.52. The van der Waals surface area contributed by atoms with Crippen molar-refractivity contribution in [2.45, 2.75) is 32.7 Å². The first-order valence-electron chi connectivity index (χ1n) is 8.14. The molecule has 0 bridgehead atoms. The third-order valence-corrected chi connectivity index (χ3v) is 4.52. The summed E-state index contributed by atoms with van der Waals surface area (Å²) in [6.45, 7) is 5.22. The molecule has 24 heavy (non-hydrogen) atoms. The lowest BCUT2D eigenvalue weighted by Gasteiger charge is -2.37. The number of carbonyl (C=O) groups is 1. The smallest absolute Gasteiger partial charge is 0.291 e. The maximum absolute atomic E-state index is 12.9. The molecule has 3 rings (SSSR count). The Morgan fingerprint density at radius 3 is 2.75 bits per heavy atom. The van der Waals surface area contributed by atoms with E-state index < -0.39 is 0 Å². The van der Waals surface area contributed by atoms with Crippen molar-refractivity contribution in [3.63, 3.8) is 0 Å². The molecule has 1 saturated heterocycles. The number of likely N-dealkylation sites (tertiary alicyclic amines) is 1. The number of benzene rings is 1. The Labute approximate surface area is 148 Å². The van der Waals surface area contributed by atoms with Gasteiger partial charge in [0.1, 0.15) is 0 Å². The number of carbonyl (C=O) groups excluding carboxylic acids is 1. The highest BCUT2D eigenvalue weighted by Gasteiger charge is 2.32. The van der Waals surface area contributed by atoms with E-state index in [4.69, 9.17) is 10.2 Å². The van der Waals surface area contributed by atoms with Crippen molar-refractivity contribution in [2.24, 2.45) is 11.7 Å². The summed E-state index contributed by atoms with van der Waals surface area (Å²) in [5.74, 6) is 1.32. The average molecular weight is 350 g/mol. The van der Waals surface area contributed by atoms with Gasteiger partial charge in [-0.15, -0.1) is 12.4 Å². The van der Waals surface area contributed by atoms with Crippen molar-refractivity contribution in [2.75, 3.05) is 13.1 Å². The molecule has 0 saturated carbocycles.